The van der Waals surface area contributed by atoms with Gasteiger partial charge in [0.15, 0.2) is 5.78 Å². The summed E-state index contributed by atoms with van der Waals surface area (Å²) in [6.45, 7) is 0.600. The highest BCUT2D eigenvalue weighted by molar-refractivity contribution is 7.17. The van der Waals surface area contributed by atoms with Crippen LogP contribution in [0.4, 0.5) is 5.69 Å². The van der Waals surface area contributed by atoms with Crippen molar-refractivity contribution in [2.75, 3.05) is 11.4 Å². The molecule has 5 heteroatoms. The third kappa shape index (κ3) is 3.96. The normalized spacial score (nSPS) is 15.0. The van der Waals surface area contributed by atoms with Crippen LogP contribution < -0.4 is 4.90 Å². The van der Waals surface area contributed by atoms with Crippen LogP contribution in [-0.2, 0) is 6.42 Å². The van der Waals surface area contributed by atoms with E-state index in [0.717, 1.165) is 33.0 Å². The lowest BCUT2D eigenvalue weighted by molar-refractivity contribution is 0.0974. The third-order valence-corrected chi connectivity index (χ3v) is 8.65. The molecule has 0 bridgehead atoms. The molecule has 1 aliphatic heterocycles. The average molecular weight is 470 g/mol. The minimum atomic E-state index is 0.0142. The highest BCUT2D eigenvalue weighted by Crippen LogP contribution is 2.43. The van der Waals surface area contributed by atoms with Gasteiger partial charge in [-0.15, -0.1) is 22.7 Å². The van der Waals surface area contributed by atoms with E-state index in [2.05, 4.69) is 23.6 Å². The number of benzene rings is 2. The molecule has 0 spiro atoms. The number of carbonyl (C=O) groups excluding carboxylic acids is 2. The molecule has 1 fully saturated rings. The largest absolute Gasteiger partial charge is 0.307 e. The number of ketones is 1. The monoisotopic (exact) mass is 469 g/mol. The highest BCUT2D eigenvalue weighted by atomic mass is 32.1. The molecule has 164 valence electrons. The number of rotatable bonds is 5. The first-order valence-corrected chi connectivity index (χ1v) is 13.1. The molecule has 1 saturated carbocycles. The van der Waals surface area contributed by atoms with Gasteiger partial charge in [-0.25, -0.2) is 0 Å². The van der Waals surface area contributed by atoms with Crippen LogP contribution in [-0.4, -0.2) is 18.2 Å². The number of fused-ring (bicyclic) bond motifs is 3. The van der Waals surface area contributed by atoms with Gasteiger partial charge in [-0.05, 0) is 72.0 Å². The Morgan fingerprint density at radius 2 is 1.79 bits per heavy atom. The standard InChI is InChI=1S/C28H23NO2S2/c30-24(16-18-7-8-18)26-17-21-13-14-29(23-5-2-1-4-22(23)27(21)33-26)28(31)20-11-9-19(10-12-20)25-6-3-15-32-25/h1-6,9-12,15,17-18H,7-8,13-14,16H2. The van der Waals surface area contributed by atoms with Crippen molar-refractivity contribution < 1.29 is 9.59 Å². The van der Waals surface area contributed by atoms with Crippen molar-refractivity contribution in [1.82, 2.24) is 0 Å². The summed E-state index contributed by atoms with van der Waals surface area (Å²) in [5.41, 5.74) is 4.96. The first kappa shape index (κ1) is 20.6. The van der Waals surface area contributed by atoms with Crippen LogP contribution in [0.2, 0.25) is 0 Å². The Balaban J connectivity index is 1.31. The van der Waals surface area contributed by atoms with E-state index in [-0.39, 0.29) is 11.7 Å². The topological polar surface area (TPSA) is 37.4 Å². The van der Waals surface area contributed by atoms with Crippen LogP contribution >= 0.6 is 22.7 Å². The second kappa shape index (κ2) is 8.40. The highest BCUT2D eigenvalue weighted by Gasteiger charge is 2.29. The summed E-state index contributed by atoms with van der Waals surface area (Å²) in [6, 6.07) is 22.2. The van der Waals surface area contributed by atoms with Gasteiger partial charge in [-0.2, -0.15) is 0 Å². The molecule has 0 N–H and O–H groups in total. The van der Waals surface area contributed by atoms with Crippen LogP contribution in [0.5, 0.6) is 0 Å². The van der Waals surface area contributed by atoms with Crippen molar-refractivity contribution >= 4 is 40.1 Å². The Hall–Kier alpha value is -3.02. The number of nitrogens with zero attached hydrogens (tertiary/aromatic N) is 1. The van der Waals surface area contributed by atoms with Crippen LogP contribution in [0.25, 0.3) is 20.9 Å². The maximum absolute atomic E-state index is 13.6. The first-order chi connectivity index (χ1) is 16.2. The molecular formula is C28H23NO2S2. The second-order valence-electron chi connectivity index (χ2n) is 8.81. The molecule has 2 aromatic carbocycles. The number of amides is 1. The molecule has 3 heterocycles. The maximum atomic E-state index is 13.6. The van der Waals surface area contributed by atoms with Gasteiger partial charge >= 0.3 is 0 Å². The van der Waals surface area contributed by atoms with Gasteiger partial charge < -0.3 is 4.90 Å². The lowest BCUT2D eigenvalue weighted by Gasteiger charge is -2.23. The molecule has 0 saturated heterocycles. The molecule has 0 atom stereocenters. The Morgan fingerprint density at radius 3 is 2.55 bits per heavy atom. The first-order valence-electron chi connectivity index (χ1n) is 11.4. The number of hydrogen-bond acceptors (Lipinski definition) is 4. The summed E-state index contributed by atoms with van der Waals surface area (Å²) < 4.78 is 0. The zero-order valence-corrected chi connectivity index (χ0v) is 19.8. The molecule has 1 aliphatic carbocycles. The number of anilines is 1. The Bertz CT molecular complexity index is 1330. The zero-order valence-electron chi connectivity index (χ0n) is 18.1. The molecule has 2 aromatic heterocycles. The number of para-hydroxylation sites is 1. The number of carbonyl (C=O) groups is 2. The number of hydrogen-bond donors (Lipinski definition) is 0. The molecule has 4 aromatic rings. The maximum Gasteiger partial charge on any atom is 0.258 e. The van der Waals surface area contributed by atoms with E-state index in [1.807, 2.05) is 53.4 Å². The molecular weight excluding hydrogens is 446 g/mol. The number of thiophene rings is 2. The van der Waals surface area contributed by atoms with Crippen molar-refractivity contribution in [2.45, 2.75) is 25.7 Å². The van der Waals surface area contributed by atoms with Gasteiger partial charge in [0.05, 0.1) is 10.6 Å². The fourth-order valence-electron chi connectivity index (χ4n) is 4.50. The molecule has 0 radical (unpaired) electrons. The van der Waals surface area contributed by atoms with E-state index in [1.54, 1.807) is 22.7 Å². The summed E-state index contributed by atoms with van der Waals surface area (Å²) >= 11 is 3.29. The minimum Gasteiger partial charge on any atom is -0.307 e. The lowest BCUT2D eigenvalue weighted by Crippen LogP contribution is -2.32. The molecule has 2 aliphatic rings. The quantitative estimate of drug-likeness (QED) is 0.287. The van der Waals surface area contributed by atoms with Gasteiger partial charge in [-0.1, -0.05) is 36.4 Å². The van der Waals surface area contributed by atoms with E-state index < -0.39 is 0 Å². The Morgan fingerprint density at radius 1 is 0.970 bits per heavy atom. The van der Waals surface area contributed by atoms with Crippen LogP contribution in [0, 0.1) is 5.92 Å². The van der Waals surface area contributed by atoms with Gasteiger partial charge in [-0.3, -0.25) is 9.59 Å². The van der Waals surface area contributed by atoms with Gasteiger partial charge in [0, 0.05) is 33.8 Å². The van der Waals surface area contributed by atoms with Crippen molar-refractivity contribution in [3.05, 3.63) is 88.1 Å². The molecule has 0 unspecified atom stereocenters. The smallest absolute Gasteiger partial charge is 0.258 e. The predicted octanol–water partition coefficient (Wildman–Crippen LogP) is 7.33. The summed E-state index contributed by atoms with van der Waals surface area (Å²) in [5, 5.41) is 2.06. The number of Topliss-reactive ketones (excluding diaryl/α,β-unsaturated/α-hetero) is 1. The lowest BCUT2D eigenvalue weighted by atomic mass is 10.1. The summed E-state index contributed by atoms with van der Waals surface area (Å²) in [6.07, 6.45) is 3.79. The fourth-order valence-corrected chi connectivity index (χ4v) is 6.43. The molecule has 3 nitrogen and oxygen atoms in total. The Labute approximate surface area is 201 Å². The second-order valence-corrected chi connectivity index (χ2v) is 10.8. The Kier molecular flexibility index (Phi) is 5.24. The van der Waals surface area contributed by atoms with Crippen molar-refractivity contribution in [3.63, 3.8) is 0 Å². The zero-order chi connectivity index (χ0) is 22.4. The van der Waals surface area contributed by atoms with E-state index >= 15 is 0 Å². The SMILES string of the molecule is O=C(CC1CC1)c1cc2c(s1)-c1ccccc1N(C(=O)c1ccc(-c3cccs3)cc1)CC2. The van der Waals surface area contributed by atoms with Gasteiger partial charge in [0.2, 0.25) is 0 Å². The fraction of sp³-hybridized carbons (Fsp3) is 0.214. The molecule has 6 rings (SSSR count). The predicted molar refractivity (Wildman–Crippen MR) is 137 cm³/mol. The average Bonchev–Trinajstić information content (AvgIpc) is 3.34. The summed E-state index contributed by atoms with van der Waals surface area (Å²) in [5.74, 6) is 0.873. The van der Waals surface area contributed by atoms with Crippen molar-refractivity contribution in [1.29, 1.82) is 0 Å². The summed E-state index contributed by atoms with van der Waals surface area (Å²) in [7, 11) is 0. The van der Waals surface area contributed by atoms with E-state index in [0.29, 0.717) is 24.4 Å². The van der Waals surface area contributed by atoms with E-state index in [1.165, 1.54) is 23.3 Å². The van der Waals surface area contributed by atoms with Crippen molar-refractivity contribution in [3.8, 4) is 20.9 Å². The minimum absolute atomic E-state index is 0.0142. The molecule has 1 amide bonds. The van der Waals surface area contributed by atoms with E-state index in [9.17, 15) is 9.59 Å². The van der Waals surface area contributed by atoms with Crippen molar-refractivity contribution in [2.24, 2.45) is 5.92 Å². The van der Waals surface area contributed by atoms with Crippen LogP contribution in [0.3, 0.4) is 0 Å². The van der Waals surface area contributed by atoms with E-state index in [4.69, 9.17) is 0 Å². The van der Waals surface area contributed by atoms with Crippen LogP contribution in [0.15, 0.2) is 72.1 Å². The molecule has 33 heavy (non-hydrogen) atoms. The summed E-state index contributed by atoms with van der Waals surface area (Å²) in [4.78, 5) is 31.4. The third-order valence-electron chi connectivity index (χ3n) is 6.48. The van der Waals surface area contributed by atoms with Gasteiger partial charge in [0.25, 0.3) is 5.91 Å². The van der Waals surface area contributed by atoms with Gasteiger partial charge in [0.1, 0.15) is 0 Å². The van der Waals surface area contributed by atoms with Crippen LogP contribution in [0.1, 0.15) is 44.9 Å².